The predicted octanol–water partition coefficient (Wildman–Crippen LogP) is 5.89. The first-order valence-electron chi connectivity index (χ1n) is 15.2. The molecule has 8 nitrogen and oxygen atoms in total. The van der Waals surface area contributed by atoms with E-state index in [9.17, 15) is 22.4 Å². The molecule has 242 valence electrons. The number of benzene rings is 4. The molecule has 10 heteroatoms. The van der Waals surface area contributed by atoms with E-state index < -0.39 is 34.3 Å². The molecule has 0 aromatic heterocycles. The summed E-state index contributed by atoms with van der Waals surface area (Å²) < 4.78 is 48.2. The van der Waals surface area contributed by atoms with E-state index in [1.165, 1.54) is 48.4 Å². The molecule has 0 aliphatic heterocycles. The maximum atomic E-state index is 14.5. The van der Waals surface area contributed by atoms with Gasteiger partial charge in [-0.15, -0.1) is 0 Å². The summed E-state index contributed by atoms with van der Waals surface area (Å²) >= 11 is 0. The second-order valence-corrected chi connectivity index (χ2v) is 12.9. The molecule has 0 saturated carbocycles. The average Bonchev–Trinajstić information content (AvgIpc) is 3.07. The van der Waals surface area contributed by atoms with Crippen molar-refractivity contribution in [3.05, 3.63) is 126 Å². The van der Waals surface area contributed by atoms with Crippen molar-refractivity contribution in [1.29, 1.82) is 0 Å². The second kappa shape index (κ2) is 16.0. The summed E-state index contributed by atoms with van der Waals surface area (Å²) in [5.74, 6) is -1.01. The van der Waals surface area contributed by atoms with Gasteiger partial charge < -0.3 is 15.0 Å². The molecule has 0 heterocycles. The Labute approximate surface area is 270 Å². The minimum atomic E-state index is -4.31. The fourth-order valence-corrected chi connectivity index (χ4v) is 6.38. The smallest absolute Gasteiger partial charge is 0.264 e. The number of nitrogens with zero attached hydrogens (tertiary/aromatic N) is 2. The Morgan fingerprint density at radius 2 is 1.52 bits per heavy atom. The fourth-order valence-electron chi connectivity index (χ4n) is 4.96. The van der Waals surface area contributed by atoms with E-state index in [1.54, 1.807) is 0 Å². The van der Waals surface area contributed by atoms with Gasteiger partial charge in [0.2, 0.25) is 11.8 Å². The zero-order valence-corrected chi connectivity index (χ0v) is 27.2. The van der Waals surface area contributed by atoms with Crippen molar-refractivity contribution in [1.82, 2.24) is 10.2 Å². The Bertz CT molecular complexity index is 1680. The number of hydrogen-bond acceptors (Lipinski definition) is 5. The number of rotatable bonds is 15. The highest BCUT2D eigenvalue weighted by Gasteiger charge is 2.34. The standard InChI is InChI=1S/C36H40FN3O5S/c1-4-5-23-38-36(42)34(24-28-9-7-6-8-10-28)39(25-29-13-11-27(2)12-14-29)35(41)26-40(31-17-15-30(37)16-18-31)46(43,44)33-21-19-32(45-3)20-22-33/h6-22,34H,4-5,23-26H2,1-3H3,(H,38,42)/t34-/m1/s1. The highest BCUT2D eigenvalue weighted by molar-refractivity contribution is 7.92. The number of nitrogens with one attached hydrogen (secondary N) is 1. The quantitative estimate of drug-likeness (QED) is 0.163. The monoisotopic (exact) mass is 645 g/mol. The summed E-state index contributed by atoms with van der Waals surface area (Å²) in [5, 5.41) is 2.97. The van der Waals surface area contributed by atoms with Gasteiger partial charge in [-0.05, 0) is 73.0 Å². The zero-order chi connectivity index (χ0) is 33.1. The highest BCUT2D eigenvalue weighted by atomic mass is 32.2. The first-order chi connectivity index (χ1) is 22.1. The Hall–Kier alpha value is -4.70. The number of anilines is 1. The average molecular weight is 646 g/mol. The fraction of sp³-hybridized carbons (Fsp3) is 0.278. The summed E-state index contributed by atoms with van der Waals surface area (Å²) in [4.78, 5) is 29.6. The van der Waals surface area contributed by atoms with E-state index in [1.807, 2.05) is 68.4 Å². The number of sulfonamides is 1. The molecule has 0 spiro atoms. The number of amides is 2. The van der Waals surface area contributed by atoms with Gasteiger partial charge in [0.15, 0.2) is 0 Å². The molecule has 0 unspecified atom stereocenters. The number of ether oxygens (including phenoxy) is 1. The van der Waals surface area contributed by atoms with Crippen molar-refractivity contribution in [3.8, 4) is 5.75 Å². The van der Waals surface area contributed by atoms with Crippen molar-refractivity contribution in [3.63, 3.8) is 0 Å². The number of unbranched alkanes of at least 4 members (excludes halogenated alkanes) is 1. The molecule has 0 aliphatic rings. The molecule has 0 bridgehead atoms. The Morgan fingerprint density at radius 3 is 2.13 bits per heavy atom. The zero-order valence-electron chi connectivity index (χ0n) is 26.4. The van der Waals surface area contributed by atoms with Gasteiger partial charge in [0.1, 0.15) is 24.2 Å². The van der Waals surface area contributed by atoms with Crippen LogP contribution < -0.4 is 14.4 Å². The summed E-state index contributed by atoms with van der Waals surface area (Å²) in [7, 11) is -2.84. The summed E-state index contributed by atoms with van der Waals surface area (Å²) in [6, 6.07) is 26.8. The topological polar surface area (TPSA) is 96.0 Å². The van der Waals surface area contributed by atoms with Gasteiger partial charge in [-0.25, -0.2) is 12.8 Å². The molecule has 0 saturated heterocycles. The molecule has 2 amide bonds. The number of methoxy groups -OCH3 is 1. The summed E-state index contributed by atoms with van der Waals surface area (Å²) in [6.07, 6.45) is 1.87. The lowest BCUT2D eigenvalue weighted by Gasteiger charge is -2.34. The normalized spacial score (nSPS) is 11.8. The highest BCUT2D eigenvalue weighted by Crippen LogP contribution is 2.26. The van der Waals surface area contributed by atoms with Gasteiger partial charge in [-0.1, -0.05) is 73.5 Å². The molecule has 4 rings (SSSR count). The first kappa shape index (κ1) is 34.2. The van der Waals surface area contributed by atoms with Crippen LogP contribution in [0.25, 0.3) is 0 Å². The molecule has 4 aromatic carbocycles. The number of hydrogen-bond donors (Lipinski definition) is 1. The summed E-state index contributed by atoms with van der Waals surface area (Å²) in [5.41, 5.74) is 2.77. The third-order valence-corrected chi connectivity index (χ3v) is 9.40. The molecule has 1 N–H and O–H groups in total. The first-order valence-corrected chi connectivity index (χ1v) is 16.7. The molecule has 46 heavy (non-hydrogen) atoms. The Balaban J connectivity index is 1.78. The minimum Gasteiger partial charge on any atom is -0.497 e. The molecular formula is C36H40FN3O5S. The van der Waals surface area contributed by atoms with Crippen LogP contribution in [0, 0.1) is 12.7 Å². The maximum Gasteiger partial charge on any atom is 0.264 e. The van der Waals surface area contributed by atoms with Crippen molar-refractivity contribution < 1.29 is 27.1 Å². The van der Waals surface area contributed by atoms with Gasteiger partial charge in [-0.3, -0.25) is 13.9 Å². The van der Waals surface area contributed by atoms with E-state index in [0.29, 0.717) is 12.3 Å². The maximum absolute atomic E-state index is 14.5. The SMILES string of the molecule is CCCCNC(=O)[C@@H](Cc1ccccc1)N(Cc1ccc(C)cc1)C(=O)CN(c1ccc(F)cc1)S(=O)(=O)c1ccc(OC)cc1. The van der Waals surface area contributed by atoms with Crippen LogP contribution >= 0.6 is 0 Å². The van der Waals surface area contributed by atoms with Crippen LogP contribution in [0.5, 0.6) is 5.75 Å². The van der Waals surface area contributed by atoms with Gasteiger partial charge >= 0.3 is 0 Å². The van der Waals surface area contributed by atoms with Crippen LogP contribution in [0.3, 0.4) is 0 Å². The van der Waals surface area contributed by atoms with Crippen LogP contribution in [0.1, 0.15) is 36.5 Å². The lowest BCUT2D eigenvalue weighted by Crippen LogP contribution is -2.53. The lowest BCUT2D eigenvalue weighted by molar-refractivity contribution is -0.140. The largest absolute Gasteiger partial charge is 0.497 e. The van der Waals surface area contributed by atoms with Crippen LogP contribution in [0.2, 0.25) is 0 Å². The minimum absolute atomic E-state index is 0.0671. The van der Waals surface area contributed by atoms with Gasteiger partial charge in [0.05, 0.1) is 17.7 Å². The van der Waals surface area contributed by atoms with Gasteiger partial charge in [0.25, 0.3) is 10.0 Å². The third kappa shape index (κ3) is 8.94. The van der Waals surface area contributed by atoms with E-state index in [4.69, 9.17) is 4.74 Å². The van der Waals surface area contributed by atoms with Crippen LogP contribution in [0.15, 0.2) is 108 Å². The van der Waals surface area contributed by atoms with Gasteiger partial charge in [-0.2, -0.15) is 0 Å². The van der Waals surface area contributed by atoms with Crippen LogP contribution in [0.4, 0.5) is 10.1 Å². The molecular weight excluding hydrogens is 605 g/mol. The lowest BCUT2D eigenvalue weighted by atomic mass is 10.0. The third-order valence-electron chi connectivity index (χ3n) is 7.62. The number of carbonyl (C=O) groups is 2. The van der Waals surface area contributed by atoms with Crippen molar-refractivity contribution in [2.75, 3.05) is 24.5 Å². The van der Waals surface area contributed by atoms with Crippen molar-refractivity contribution in [2.24, 2.45) is 0 Å². The van der Waals surface area contributed by atoms with E-state index in [2.05, 4.69) is 5.32 Å². The Morgan fingerprint density at radius 1 is 0.870 bits per heavy atom. The van der Waals surface area contributed by atoms with Gasteiger partial charge in [0, 0.05) is 19.5 Å². The number of aryl methyl sites for hydroxylation is 1. The second-order valence-electron chi connectivity index (χ2n) is 11.0. The molecule has 0 radical (unpaired) electrons. The molecule has 0 fully saturated rings. The van der Waals surface area contributed by atoms with Crippen molar-refractivity contribution >= 4 is 27.5 Å². The van der Waals surface area contributed by atoms with E-state index >= 15 is 0 Å². The predicted molar refractivity (Wildman–Crippen MR) is 178 cm³/mol. The number of halogens is 1. The van der Waals surface area contributed by atoms with Crippen LogP contribution in [-0.4, -0.2) is 51.4 Å². The molecule has 4 aromatic rings. The molecule has 1 atom stereocenters. The van der Waals surface area contributed by atoms with E-state index in [0.717, 1.165) is 46.0 Å². The summed E-state index contributed by atoms with van der Waals surface area (Å²) in [6.45, 7) is 3.86. The van der Waals surface area contributed by atoms with Crippen LogP contribution in [-0.2, 0) is 32.6 Å². The van der Waals surface area contributed by atoms with Crippen molar-refractivity contribution in [2.45, 2.75) is 50.6 Å². The molecule has 0 aliphatic carbocycles. The number of carbonyl (C=O) groups excluding carboxylic acids is 2. The van der Waals surface area contributed by atoms with E-state index in [-0.39, 0.29) is 29.5 Å². The Kier molecular flexibility index (Phi) is 11.9.